The molecule has 3 N–H and O–H groups in total. The molecular formula is C13H16N2O3. The van der Waals surface area contributed by atoms with Gasteiger partial charge >= 0.3 is 12.0 Å². The molecule has 18 heavy (non-hydrogen) atoms. The van der Waals surface area contributed by atoms with Crippen molar-refractivity contribution < 1.29 is 14.7 Å². The fourth-order valence-electron chi connectivity index (χ4n) is 2.14. The summed E-state index contributed by atoms with van der Waals surface area (Å²) in [6.45, 7) is 2.13. The number of carboxylic acids is 1. The summed E-state index contributed by atoms with van der Waals surface area (Å²) < 4.78 is 0. The molecule has 0 unspecified atom stereocenters. The molecule has 5 nitrogen and oxygen atoms in total. The Morgan fingerprint density at radius 3 is 2.56 bits per heavy atom. The molecule has 0 bridgehead atoms. The summed E-state index contributed by atoms with van der Waals surface area (Å²) in [5, 5.41) is 14.4. The van der Waals surface area contributed by atoms with Crippen LogP contribution >= 0.6 is 0 Å². The molecule has 0 atom stereocenters. The van der Waals surface area contributed by atoms with Crippen molar-refractivity contribution in [3.63, 3.8) is 0 Å². The molecule has 0 heterocycles. The Labute approximate surface area is 105 Å². The number of nitrogens with one attached hydrogen (secondary N) is 2. The monoisotopic (exact) mass is 248 g/mol. The number of urea groups is 1. The van der Waals surface area contributed by atoms with Crippen LogP contribution in [0.3, 0.4) is 0 Å². The van der Waals surface area contributed by atoms with E-state index in [1.54, 1.807) is 18.2 Å². The zero-order valence-corrected chi connectivity index (χ0v) is 10.1. The zero-order chi connectivity index (χ0) is 13.1. The van der Waals surface area contributed by atoms with Crippen molar-refractivity contribution in [1.29, 1.82) is 0 Å². The number of hydrogen-bond donors (Lipinski definition) is 3. The molecule has 1 aliphatic carbocycles. The predicted molar refractivity (Wildman–Crippen MR) is 67.7 cm³/mol. The molecule has 1 aromatic rings. The van der Waals surface area contributed by atoms with Crippen LogP contribution in [0.4, 0.5) is 10.5 Å². The van der Waals surface area contributed by atoms with E-state index >= 15 is 0 Å². The lowest BCUT2D eigenvalue weighted by Crippen LogP contribution is -2.45. The van der Waals surface area contributed by atoms with Gasteiger partial charge in [0.15, 0.2) is 0 Å². The van der Waals surface area contributed by atoms with Crippen LogP contribution in [0.25, 0.3) is 0 Å². The van der Waals surface area contributed by atoms with E-state index in [4.69, 9.17) is 5.11 Å². The minimum Gasteiger partial charge on any atom is -0.478 e. The summed E-state index contributed by atoms with van der Waals surface area (Å²) in [6, 6.07) is 6.21. The second-order valence-corrected chi connectivity index (χ2v) is 4.72. The number of carbonyl (C=O) groups excluding carboxylic acids is 1. The molecule has 0 saturated heterocycles. The maximum absolute atomic E-state index is 11.7. The van der Waals surface area contributed by atoms with Gasteiger partial charge in [-0.15, -0.1) is 0 Å². The Morgan fingerprint density at radius 1 is 1.28 bits per heavy atom. The SMILES string of the molecule is CC1CC(NC(=O)Nc2ccccc2C(=O)O)C1. The van der Waals surface area contributed by atoms with Crippen LogP contribution < -0.4 is 10.6 Å². The first-order valence-corrected chi connectivity index (χ1v) is 5.96. The molecule has 1 aliphatic rings. The third-order valence-corrected chi connectivity index (χ3v) is 3.11. The number of amides is 2. The number of benzene rings is 1. The largest absolute Gasteiger partial charge is 0.478 e. The number of anilines is 1. The second kappa shape index (κ2) is 5.08. The fourth-order valence-corrected chi connectivity index (χ4v) is 2.14. The highest BCUT2D eigenvalue weighted by Crippen LogP contribution is 2.26. The maximum atomic E-state index is 11.7. The maximum Gasteiger partial charge on any atom is 0.337 e. The standard InChI is InChI=1S/C13H16N2O3/c1-8-6-9(7-8)14-13(18)15-11-5-3-2-4-10(11)12(16)17/h2-5,8-9H,6-7H2,1H3,(H,16,17)(H2,14,15,18). The van der Waals surface area contributed by atoms with E-state index in [1.807, 2.05) is 0 Å². The number of hydrogen-bond acceptors (Lipinski definition) is 2. The van der Waals surface area contributed by atoms with E-state index in [0.717, 1.165) is 12.8 Å². The Bertz CT molecular complexity index is 467. The van der Waals surface area contributed by atoms with Gasteiger partial charge in [0.05, 0.1) is 11.3 Å². The smallest absolute Gasteiger partial charge is 0.337 e. The van der Waals surface area contributed by atoms with E-state index in [2.05, 4.69) is 17.6 Å². The first kappa shape index (κ1) is 12.4. The van der Waals surface area contributed by atoms with Gasteiger partial charge in [0.25, 0.3) is 0 Å². The first-order chi connectivity index (χ1) is 8.56. The van der Waals surface area contributed by atoms with Crippen molar-refractivity contribution in [2.75, 3.05) is 5.32 Å². The number of aromatic carboxylic acids is 1. The summed E-state index contributed by atoms with van der Waals surface area (Å²) in [4.78, 5) is 22.6. The quantitative estimate of drug-likeness (QED) is 0.768. The summed E-state index contributed by atoms with van der Waals surface area (Å²) in [6.07, 6.45) is 1.96. The molecule has 1 fully saturated rings. The Balaban J connectivity index is 1.96. The van der Waals surface area contributed by atoms with Gasteiger partial charge in [-0.05, 0) is 30.9 Å². The third kappa shape index (κ3) is 2.80. The molecule has 96 valence electrons. The minimum atomic E-state index is -1.05. The number of para-hydroxylation sites is 1. The fraction of sp³-hybridized carbons (Fsp3) is 0.385. The molecule has 0 spiro atoms. The minimum absolute atomic E-state index is 0.0922. The van der Waals surface area contributed by atoms with E-state index in [9.17, 15) is 9.59 Å². The van der Waals surface area contributed by atoms with E-state index in [1.165, 1.54) is 6.07 Å². The molecule has 5 heteroatoms. The second-order valence-electron chi connectivity index (χ2n) is 4.72. The molecule has 2 rings (SSSR count). The highest BCUT2D eigenvalue weighted by atomic mass is 16.4. The van der Waals surface area contributed by atoms with Gasteiger partial charge in [0.2, 0.25) is 0 Å². The van der Waals surface area contributed by atoms with E-state index in [-0.39, 0.29) is 17.6 Å². The lowest BCUT2D eigenvalue weighted by Gasteiger charge is -2.33. The van der Waals surface area contributed by atoms with Gasteiger partial charge in [-0.2, -0.15) is 0 Å². The van der Waals surface area contributed by atoms with Gasteiger partial charge in [0.1, 0.15) is 0 Å². The molecule has 1 aromatic carbocycles. The molecule has 0 aromatic heterocycles. The third-order valence-electron chi connectivity index (χ3n) is 3.11. The highest BCUT2D eigenvalue weighted by molar-refractivity contribution is 6.00. The van der Waals surface area contributed by atoms with Crippen LogP contribution in [0.1, 0.15) is 30.1 Å². The van der Waals surface area contributed by atoms with Crippen LogP contribution in [0, 0.1) is 5.92 Å². The Hall–Kier alpha value is -2.04. The molecule has 1 saturated carbocycles. The van der Waals surface area contributed by atoms with Gasteiger partial charge in [0, 0.05) is 6.04 Å². The normalized spacial score (nSPS) is 21.8. The van der Waals surface area contributed by atoms with Crippen LogP contribution in [0.15, 0.2) is 24.3 Å². The van der Waals surface area contributed by atoms with E-state index < -0.39 is 5.97 Å². The van der Waals surface area contributed by atoms with Crippen molar-refractivity contribution in [1.82, 2.24) is 5.32 Å². The Kier molecular flexibility index (Phi) is 3.50. The lowest BCUT2D eigenvalue weighted by atomic mass is 9.82. The summed E-state index contributed by atoms with van der Waals surface area (Å²) in [5.74, 6) is -0.398. The first-order valence-electron chi connectivity index (χ1n) is 5.96. The molecular weight excluding hydrogens is 232 g/mol. The molecule has 0 aliphatic heterocycles. The van der Waals surface area contributed by atoms with Crippen molar-refractivity contribution in [2.45, 2.75) is 25.8 Å². The van der Waals surface area contributed by atoms with Gasteiger partial charge in [-0.1, -0.05) is 19.1 Å². The van der Waals surface area contributed by atoms with Crippen LogP contribution in [-0.2, 0) is 0 Å². The highest BCUT2D eigenvalue weighted by Gasteiger charge is 2.26. The molecule has 0 radical (unpaired) electrons. The predicted octanol–water partition coefficient (Wildman–Crippen LogP) is 2.30. The van der Waals surface area contributed by atoms with Crippen molar-refractivity contribution in [3.05, 3.63) is 29.8 Å². The van der Waals surface area contributed by atoms with Crippen molar-refractivity contribution in [3.8, 4) is 0 Å². The summed E-state index contributed by atoms with van der Waals surface area (Å²) in [5.41, 5.74) is 0.407. The van der Waals surface area contributed by atoms with Crippen LogP contribution in [-0.4, -0.2) is 23.1 Å². The van der Waals surface area contributed by atoms with Crippen LogP contribution in [0.2, 0.25) is 0 Å². The average Bonchev–Trinajstić information content (AvgIpc) is 2.27. The number of carbonyl (C=O) groups is 2. The van der Waals surface area contributed by atoms with Gasteiger partial charge in [-0.3, -0.25) is 0 Å². The van der Waals surface area contributed by atoms with Crippen molar-refractivity contribution >= 4 is 17.7 Å². The van der Waals surface area contributed by atoms with Crippen molar-refractivity contribution in [2.24, 2.45) is 5.92 Å². The summed E-state index contributed by atoms with van der Waals surface area (Å²) >= 11 is 0. The molecule has 2 amide bonds. The van der Waals surface area contributed by atoms with Gasteiger partial charge < -0.3 is 15.7 Å². The lowest BCUT2D eigenvalue weighted by molar-refractivity contribution is 0.0698. The Morgan fingerprint density at radius 2 is 1.94 bits per heavy atom. The van der Waals surface area contributed by atoms with Crippen LogP contribution in [0.5, 0.6) is 0 Å². The average molecular weight is 248 g/mol. The summed E-state index contributed by atoms with van der Waals surface area (Å²) in [7, 11) is 0. The van der Waals surface area contributed by atoms with Gasteiger partial charge in [-0.25, -0.2) is 9.59 Å². The number of carboxylic acid groups (broad SMARTS) is 1. The zero-order valence-electron chi connectivity index (χ0n) is 10.1. The topological polar surface area (TPSA) is 78.4 Å². The van der Waals surface area contributed by atoms with E-state index in [0.29, 0.717) is 11.6 Å². The number of rotatable bonds is 3.